The van der Waals surface area contributed by atoms with Gasteiger partial charge in [0.25, 0.3) is 5.91 Å². The summed E-state index contributed by atoms with van der Waals surface area (Å²) in [7, 11) is 0. The van der Waals surface area contributed by atoms with Gasteiger partial charge in [-0.25, -0.2) is 4.79 Å². The van der Waals surface area contributed by atoms with Crippen LogP contribution in [0.2, 0.25) is 0 Å². The molecular formula is C13H20N2O2. The van der Waals surface area contributed by atoms with Crippen molar-refractivity contribution in [3.05, 3.63) is 0 Å². The molecule has 3 aliphatic rings. The summed E-state index contributed by atoms with van der Waals surface area (Å²) >= 11 is 0. The summed E-state index contributed by atoms with van der Waals surface area (Å²) < 4.78 is 0. The Balaban J connectivity index is 1.93. The first-order valence-corrected chi connectivity index (χ1v) is 6.87. The molecule has 0 aromatic heterocycles. The van der Waals surface area contributed by atoms with E-state index in [-0.39, 0.29) is 11.9 Å². The summed E-state index contributed by atoms with van der Waals surface area (Å²) in [6.07, 6.45) is 9.14. The van der Waals surface area contributed by atoms with Crippen molar-refractivity contribution in [3.63, 3.8) is 0 Å². The maximum Gasteiger partial charge on any atom is 0.322 e. The van der Waals surface area contributed by atoms with E-state index in [0.717, 1.165) is 25.7 Å². The van der Waals surface area contributed by atoms with Crippen molar-refractivity contribution in [1.82, 2.24) is 10.6 Å². The molecule has 3 fully saturated rings. The smallest absolute Gasteiger partial charge is 0.322 e. The van der Waals surface area contributed by atoms with Gasteiger partial charge in [0.2, 0.25) is 0 Å². The van der Waals surface area contributed by atoms with Gasteiger partial charge in [0.1, 0.15) is 5.54 Å². The normalized spacial score (nSPS) is 29.6. The molecule has 0 unspecified atom stereocenters. The van der Waals surface area contributed by atoms with Gasteiger partial charge in [-0.2, -0.15) is 0 Å². The second kappa shape index (κ2) is 4.00. The van der Waals surface area contributed by atoms with Crippen LogP contribution in [0.5, 0.6) is 0 Å². The highest BCUT2D eigenvalue weighted by atomic mass is 16.2. The molecule has 0 aromatic carbocycles. The van der Waals surface area contributed by atoms with Gasteiger partial charge in [-0.1, -0.05) is 25.7 Å². The third-order valence-electron chi connectivity index (χ3n) is 4.92. The highest BCUT2D eigenvalue weighted by Gasteiger charge is 2.57. The van der Waals surface area contributed by atoms with E-state index in [9.17, 15) is 9.59 Å². The Morgan fingerprint density at radius 2 is 1.35 bits per heavy atom. The number of urea groups is 1. The van der Waals surface area contributed by atoms with Crippen LogP contribution in [0.15, 0.2) is 0 Å². The van der Waals surface area contributed by atoms with E-state index in [1.807, 2.05) is 0 Å². The van der Waals surface area contributed by atoms with Crippen LogP contribution in [-0.2, 0) is 4.79 Å². The van der Waals surface area contributed by atoms with E-state index in [0.29, 0.717) is 11.8 Å². The molecule has 0 spiro atoms. The van der Waals surface area contributed by atoms with Crippen molar-refractivity contribution in [2.45, 2.75) is 56.9 Å². The van der Waals surface area contributed by atoms with Crippen LogP contribution in [0.1, 0.15) is 51.4 Å². The molecule has 0 atom stereocenters. The van der Waals surface area contributed by atoms with Crippen LogP contribution in [0.25, 0.3) is 0 Å². The Labute approximate surface area is 102 Å². The number of imide groups is 1. The van der Waals surface area contributed by atoms with Crippen molar-refractivity contribution < 1.29 is 9.59 Å². The SMILES string of the molecule is O=C1NC(=O)C(C2CCCC2)(C2CCCC2)N1. The fourth-order valence-electron chi connectivity index (χ4n) is 4.15. The number of carbonyl (C=O) groups is 2. The second-order valence-corrected chi connectivity index (χ2v) is 5.74. The molecule has 0 radical (unpaired) electrons. The van der Waals surface area contributed by atoms with Gasteiger partial charge in [-0.05, 0) is 37.5 Å². The highest BCUT2D eigenvalue weighted by molar-refractivity contribution is 6.07. The van der Waals surface area contributed by atoms with Crippen molar-refractivity contribution in [2.24, 2.45) is 11.8 Å². The topological polar surface area (TPSA) is 58.2 Å². The summed E-state index contributed by atoms with van der Waals surface area (Å²) in [5.41, 5.74) is -0.565. The molecule has 17 heavy (non-hydrogen) atoms. The number of rotatable bonds is 2. The van der Waals surface area contributed by atoms with Crippen molar-refractivity contribution in [3.8, 4) is 0 Å². The minimum absolute atomic E-state index is 0.0544. The molecule has 1 aliphatic heterocycles. The lowest BCUT2D eigenvalue weighted by Gasteiger charge is -2.37. The van der Waals surface area contributed by atoms with Crippen molar-refractivity contribution in [1.29, 1.82) is 0 Å². The van der Waals surface area contributed by atoms with Gasteiger partial charge < -0.3 is 5.32 Å². The lowest BCUT2D eigenvalue weighted by molar-refractivity contribution is -0.128. The first kappa shape index (κ1) is 11.1. The molecule has 2 saturated carbocycles. The monoisotopic (exact) mass is 236 g/mol. The molecule has 94 valence electrons. The standard InChI is InChI=1S/C13H20N2O2/c16-11-13(15-12(17)14-11,9-5-1-2-6-9)10-7-3-4-8-10/h9-10H,1-8H2,(H2,14,15,16,17). The van der Waals surface area contributed by atoms with Crippen LogP contribution in [0, 0.1) is 11.8 Å². The molecule has 2 N–H and O–H groups in total. The zero-order valence-corrected chi connectivity index (χ0v) is 10.1. The molecular weight excluding hydrogens is 216 g/mol. The summed E-state index contributed by atoms with van der Waals surface area (Å²) in [5.74, 6) is 0.662. The van der Waals surface area contributed by atoms with E-state index in [1.54, 1.807) is 0 Å². The van der Waals surface area contributed by atoms with Gasteiger partial charge >= 0.3 is 6.03 Å². The maximum absolute atomic E-state index is 12.3. The average Bonchev–Trinajstić information content (AvgIpc) is 2.98. The van der Waals surface area contributed by atoms with E-state index >= 15 is 0 Å². The number of hydrogen-bond acceptors (Lipinski definition) is 2. The number of amides is 3. The number of nitrogens with one attached hydrogen (secondary N) is 2. The lowest BCUT2D eigenvalue weighted by Crippen LogP contribution is -2.57. The summed E-state index contributed by atoms with van der Waals surface area (Å²) in [6, 6.07) is -0.284. The van der Waals surface area contributed by atoms with Gasteiger partial charge in [-0.3, -0.25) is 10.1 Å². The molecule has 0 aromatic rings. The molecule has 1 heterocycles. The van der Waals surface area contributed by atoms with E-state index in [2.05, 4.69) is 10.6 Å². The quantitative estimate of drug-likeness (QED) is 0.720. The zero-order chi connectivity index (χ0) is 11.9. The fraction of sp³-hybridized carbons (Fsp3) is 0.846. The lowest BCUT2D eigenvalue weighted by atomic mass is 9.72. The first-order chi connectivity index (χ1) is 8.23. The molecule has 2 aliphatic carbocycles. The Kier molecular flexibility index (Phi) is 2.60. The largest absolute Gasteiger partial charge is 0.323 e. The second-order valence-electron chi connectivity index (χ2n) is 5.74. The van der Waals surface area contributed by atoms with Crippen LogP contribution in [0.4, 0.5) is 4.79 Å². The fourth-order valence-corrected chi connectivity index (χ4v) is 4.15. The molecule has 3 amide bonds. The summed E-state index contributed by atoms with van der Waals surface area (Å²) in [5, 5.41) is 5.47. The van der Waals surface area contributed by atoms with Crippen molar-refractivity contribution in [2.75, 3.05) is 0 Å². The predicted octanol–water partition coefficient (Wildman–Crippen LogP) is 1.94. The minimum Gasteiger partial charge on any atom is -0.323 e. The Bertz CT molecular complexity index is 325. The first-order valence-electron chi connectivity index (χ1n) is 6.87. The minimum atomic E-state index is -0.565. The predicted molar refractivity (Wildman–Crippen MR) is 63.3 cm³/mol. The van der Waals surface area contributed by atoms with Gasteiger partial charge in [0.05, 0.1) is 0 Å². The average molecular weight is 236 g/mol. The number of hydrogen-bond donors (Lipinski definition) is 2. The summed E-state index contributed by atoms with van der Waals surface area (Å²) in [6.45, 7) is 0. The Morgan fingerprint density at radius 1 is 0.882 bits per heavy atom. The van der Waals surface area contributed by atoms with E-state index < -0.39 is 5.54 Å². The Hall–Kier alpha value is -1.06. The zero-order valence-electron chi connectivity index (χ0n) is 10.1. The summed E-state index contributed by atoms with van der Waals surface area (Å²) in [4.78, 5) is 23.8. The highest BCUT2D eigenvalue weighted by Crippen LogP contribution is 2.45. The van der Waals surface area contributed by atoms with Gasteiger partial charge in [0.15, 0.2) is 0 Å². The molecule has 4 nitrogen and oxygen atoms in total. The van der Waals surface area contributed by atoms with E-state index in [1.165, 1.54) is 25.7 Å². The number of carbonyl (C=O) groups excluding carboxylic acids is 2. The third-order valence-corrected chi connectivity index (χ3v) is 4.92. The van der Waals surface area contributed by atoms with E-state index in [4.69, 9.17) is 0 Å². The maximum atomic E-state index is 12.3. The van der Waals surface area contributed by atoms with Gasteiger partial charge in [-0.15, -0.1) is 0 Å². The van der Waals surface area contributed by atoms with Gasteiger partial charge in [0, 0.05) is 0 Å². The van der Waals surface area contributed by atoms with Crippen LogP contribution in [-0.4, -0.2) is 17.5 Å². The Morgan fingerprint density at radius 3 is 1.71 bits per heavy atom. The van der Waals surface area contributed by atoms with Crippen LogP contribution in [0.3, 0.4) is 0 Å². The van der Waals surface area contributed by atoms with Crippen LogP contribution >= 0.6 is 0 Å². The molecule has 3 rings (SSSR count). The molecule has 4 heteroatoms. The molecule has 1 saturated heterocycles. The van der Waals surface area contributed by atoms with Crippen LogP contribution < -0.4 is 10.6 Å². The van der Waals surface area contributed by atoms with Crippen molar-refractivity contribution >= 4 is 11.9 Å². The molecule has 0 bridgehead atoms. The third kappa shape index (κ3) is 1.57.